The maximum Gasteiger partial charge on any atom is 0.573 e. The molecule has 36 heavy (non-hydrogen) atoms. The predicted octanol–water partition coefficient (Wildman–Crippen LogP) is 3.40. The molecule has 2 aliphatic rings. The number of hydrogen-bond donors (Lipinski definition) is 1. The summed E-state index contributed by atoms with van der Waals surface area (Å²) in [5.41, 5.74) is 1.29. The van der Waals surface area contributed by atoms with E-state index in [1.165, 1.54) is 28.6 Å². The van der Waals surface area contributed by atoms with Gasteiger partial charge in [-0.15, -0.1) is 23.4 Å². The Bertz CT molecular complexity index is 1350. The van der Waals surface area contributed by atoms with Crippen LogP contribution in [0, 0.1) is 0 Å². The number of aromatic nitrogens is 4. The molecule has 1 aliphatic carbocycles. The molecule has 1 aliphatic heterocycles. The molecule has 2 unspecified atom stereocenters. The lowest BCUT2D eigenvalue weighted by atomic mass is 9.95. The van der Waals surface area contributed by atoms with E-state index in [0.717, 1.165) is 24.0 Å². The van der Waals surface area contributed by atoms with Gasteiger partial charge in [0.15, 0.2) is 5.82 Å². The number of ether oxygens (including phenoxy) is 1. The highest BCUT2D eigenvalue weighted by Gasteiger charge is 2.52. The fourth-order valence-electron chi connectivity index (χ4n) is 5.43. The van der Waals surface area contributed by atoms with E-state index >= 15 is 0 Å². The Hall–Kier alpha value is -3.19. The normalized spacial score (nSPS) is 23.0. The monoisotopic (exact) mass is 522 g/mol. The van der Waals surface area contributed by atoms with Crippen LogP contribution < -0.4 is 9.64 Å². The van der Waals surface area contributed by atoms with Crippen molar-refractivity contribution >= 4 is 15.7 Å². The number of alkyl halides is 3. The number of aryl methyl sites for hydroxylation is 1. The number of benzene rings is 2. The molecule has 1 fully saturated rings. The van der Waals surface area contributed by atoms with Crippen LogP contribution in [-0.2, 0) is 28.4 Å². The molecule has 13 heteroatoms. The van der Waals surface area contributed by atoms with Crippen LogP contribution in [0.4, 0.5) is 18.9 Å². The Kier molecular flexibility index (Phi) is 5.94. The van der Waals surface area contributed by atoms with Crippen LogP contribution in [0.5, 0.6) is 5.75 Å². The van der Waals surface area contributed by atoms with Gasteiger partial charge >= 0.3 is 6.36 Å². The third-order valence-corrected chi connectivity index (χ3v) is 8.99. The molecule has 3 aromatic rings. The fourth-order valence-corrected chi connectivity index (χ4v) is 7.65. The van der Waals surface area contributed by atoms with Crippen molar-refractivity contribution in [1.82, 2.24) is 24.9 Å². The standard InChI is InChI=1S/C23H25F3N6O3S/c1-15-13-31(17-9-11-18(12-10-17)35-23(24,25)26)14-22(2,21-27-29-30-28-21)32(15)36(33,34)20-8-4-6-16-5-3-7-19(16)20/h4,6,8-12,15H,3,5,7,13-14H2,1-2H3,(H,27,28,29,30). The molecule has 1 aromatic heterocycles. The van der Waals surface area contributed by atoms with Crippen molar-refractivity contribution in [3.8, 4) is 5.75 Å². The number of nitrogens with zero attached hydrogens (tertiary/aromatic N) is 5. The summed E-state index contributed by atoms with van der Waals surface area (Å²) in [6, 6.07) is 10.4. The van der Waals surface area contributed by atoms with Gasteiger partial charge in [0.05, 0.1) is 4.90 Å². The highest BCUT2D eigenvalue weighted by molar-refractivity contribution is 7.89. The summed E-state index contributed by atoms with van der Waals surface area (Å²) in [5.74, 6) is -0.133. The van der Waals surface area contributed by atoms with Crippen molar-refractivity contribution in [2.75, 3.05) is 18.0 Å². The number of tetrazole rings is 1. The molecule has 0 saturated carbocycles. The van der Waals surface area contributed by atoms with Crippen LogP contribution in [-0.4, -0.2) is 58.8 Å². The van der Waals surface area contributed by atoms with E-state index in [1.807, 2.05) is 11.0 Å². The van der Waals surface area contributed by atoms with Crippen LogP contribution >= 0.6 is 0 Å². The van der Waals surface area contributed by atoms with E-state index in [2.05, 4.69) is 25.4 Å². The lowest BCUT2D eigenvalue weighted by molar-refractivity contribution is -0.274. The third kappa shape index (κ3) is 4.30. The SMILES string of the molecule is CC1CN(c2ccc(OC(F)(F)F)cc2)CC(C)(c2nn[nH]n2)N1S(=O)(=O)c1cccc2c1CCC2. The number of halogens is 3. The molecule has 1 N–H and O–H groups in total. The molecule has 9 nitrogen and oxygen atoms in total. The fraction of sp³-hybridized carbons (Fsp3) is 0.435. The number of fused-ring (bicyclic) bond motifs is 1. The highest BCUT2D eigenvalue weighted by atomic mass is 32.2. The molecule has 2 atom stereocenters. The van der Waals surface area contributed by atoms with Gasteiger partial charge in [-0.05, 0) is 74.6 Å². The smallest absolute Gasteiger partial charge is 0.406 e. The highest BCUT2D eigenvalue weighted by Crippen LogP contribution is 2.41. The Labute approximate surface area is 206 Å². The lowest BCUT2D eigenvalue weighted by Crippen LogP contribution is -2.64. The summed E-state index contributed by atoms with van der Waals surface area (Å²) in [5, 5.41) is 14.3. The third-order valence-electron chi connectivity index (χ3n) is 6.77. The van der Waals surface area contributed by atoms with Gasteiger partial charge in [-0.25, -0.2) is 8.42 Å². The zero-order chi connectivity index (χ0) is 25.7. The zero-order valence-corrected chi connectivity index (χ0v) is 20.5. The summed E-state index contributed by atoms with van der Waals surface area (Å²) in [6.45, 7) is 4.00. The first-order valence-electron chi connectivity index (χ1n) is 11.5. The van der Waals surface area contributed by atoms with Gasteiger partial charge in [0.2, 0.25) is 10.0 Å². The van der Waals surface area contributed by atoms with Crippen LogP contribution in [0.15, 0.2) is 47.4 Å². The lowest BCUT2D eigenvalue weighted by Gasteiger charge is -2.50. The quantitative estimate of drug-likeness (QED) is 0.548. The van der Waals surface area contributed by atoms with E-state index in [-0.39, 0.29) is 18.1 Å². The van der Waals surface area contributed by atoms with Gasteiger partial charge in [0.1, 0.15) is 11.3 Å². The van der Waals surface area contributed by atoms with Crippen molar-refractivity contribution in [3.63, 3.8) is 0 Å². The summed E-state index contributed by atoms with van der Waals surface area (Å²) in [6.07, 6.45) is -2.34. The average Bonchev–Trinajstić information content (AvgIpc) is 3.50. The molecule has 0 radical (unpaired) electrons. The average molecular weight is 523 g/mol. The van der Waals surface area contributed by atoms with E-state index in [4.69, 9.17) is 0 Å². The Morgan fingerprint density at radius 2 is 1.89 bits per heavy atom. The number of piperazine rings is 1. The van der Waals surface area contributed by atoms with Gasteiger partial charge in [0.25, 0.3) is 0 Å². The number of H-pyrrole nitrogens is 1. The first-order chi connectivity index (χ1) is 17.0. The molecule has 2 heterocycles. The topological polar surface area (TPSA) is 104 Å². The Morgan fingerprint density at radius 1 is 1.14 bits per heavy atom. The van der Waals surface area contributed by atoms with Crippen molar-refractivity contribution < 1.29 is 26.3 Å². The summed E-state index contributed by atoms with van der Waals surface area (Å²) in [7, 11) is -3.96. The van der Waals surface area contributed by atoms with Crippen molar-refractivity contribution in [2.24, 2.45) is 0 Å². The Balaban J connectivity index is 1.53. The van der Waals surface area contributed by atoms with E-state index in [9.17, 15) is 21.6 Å². The molecule has 0 amide bonds. The minimum atomic E-state index is -4.79. The van der Waals surface area contributed by atoms with Crippen LogP contribution in [0.2, 0.25) is 0 Å². The summed E-state index contributed by atoms with van der Waals surface area (Å²) >= 11 is 0. The van der Waals surface area contributed by atoms with Gasteiger partial charge < -0.3 is 9.64 Å². The number of nitrogens with one attached hydrogen (secondary N) is 1. The maximum absolute atomic E-state index is 14.2. The van der Waals surface area contributed by atoms with Gasteiger partial charge in [-0.2, -0.15) is 9.52 Å². The van der Waals surface area contributed by atoms with Crippen LogP contribution in [0.1, 0.15) is 37.2 Å². The van der Waals surface area contributed by atoms with Crippen LogP contribution in [0.3, 0.4) is 0 Å². The Morgan fingerprint density at radius 3 is 2.56 bits per heavy atom. The van der Waals surface area contributed by atoms with E-state index < -0.39 is 28.0 Å². The van der Waals surface area contributed by atoms with Gasteiger partial charge in [-0.1, -0.05) is 17.3 Å². The number of anilines is 1. The maximum atomic E-state index is 14.2. The first kappa shape index (κ1) is 24.5. The van der Waals surface area contributed by atoms with Crippen LogP contribution in [0.25, 0.3) is 0 Å². The number of rotatable bonds is 5. The second-order valence-electron chi connectivity index (χ2n) is 9.33. The molecule has 2 aromatic carbocycles. The van der Waals surface area contributed by atoms with Gasteiger partial charge in [-0.3, -0.25) is 0 Å². The molecular formula is C23H25F3N6O3S. The molecule has 0 spiro atoms. The van der Waals surface area contributed by atoms with E-state index in [1.54, 1.807) is 26.0 Å². The van der Waals surface area contributed by atoms with E-state index in [0.29, 0.717) is 23.5 Å². The molecule has 0 bridgehead atoms. The first-order valence-corrected chi connectivity index (χ1v) is 12.9. The molecular weight excluding hydrogens is 497 g/mol. The number of aromatic amines is 1. The van der Waals surface area contributed by atoms with Gasteiger partial charge in [0, 0.05) is 24.8 Å². The molecule has 1 saturated heterocycles. The summed E-state index contributed by atoms with van der Waals surface area (Å²) in [4.78, 5) is 2.20. The van der Waals surface area contributed by atoms with Crippen molar-refractivity contribution in [3.05, 3.63) is 59.4 Å². The van der Waals surface area contributed by atoms with Crippen molar-refractivity contribution in [2.45, 2.75) is 55.9 Å². The zero-order valence-electron chi connectivity index (χ0n) is 19.7. The minimum Gasteiger partial charge on any atom is -0.406 e. The predicted molar refractivity (Wildman–Crippen MR) is 124 cm³/mol. The minimum absolute atomic E-state index is 0.157. The second kappa shape index (κ2) is 8.73. The number of sulfonamides is 1. The number of hydrogen-bond acceptors (Lipinski definition) is 7. The second-order valence-corrected chi connectivity index (χ2v) is 11.1. The molecule has 5 rings (SSSR count). The van der Waals surface area contributed by atoms with Crippen molar-refractivity contribution in [1.29, 1.82) is 0 Å². The summed E-state index contributed by atoms with van der Waals surface area (Å²) < 4.78 is 71.5. The molecule has 192 valence electrons. The largest absolute Gasteiger partial charge is 0.573 e.